The van der Waals surface area contributed by atoms with Gasteiger partial charge in [0.05, 0.1) is 13.2 Å². The molecule has 2 aromatic rings. The Morgan fingerprint density at radius 1 is 1.15 bits per heavy atom. The summed E-state index contributed by atoms with van der Waals surface area (Å²) < 4.78 is 5.57. The van der Waals surface area contributed by atoms with E-state index in [4.69, 9.17) is 4.74 Å². The van der Waals surface area contributed by atoms with Crippen LogP contribution in [-0.2, 0) is 11.0 Å². The molecule has 0 fully saturated rings. The van der Waals surface area contributed by atoms with Gasteiger partial charge >= 0.3 is 6.03 Å². The average Bonchev–Trinajstić information content (AvgIpc) is 2.60. The molecule has 0 saturated carbocycles. The SMILES string of the molecule is CC(C)(C)c1ccc(NC(=O)NCC2(O)CCOc3ccccc32)cc1. The number of rotatable bonds is 3. The predicted molar refractivity (Wildman–Crippen MR) is 103 cm³/mol. The molecular formula is C21H26N2O3. The van der Waals surface area contributed by atoms with Gasteiger partial charge in [-0.05, 0) is 29.2 Å². The van der Waals surface area contributed by atoms with Gasteiger partial charge in [0.1, 0.15) is 11.4 Å². The van der Waals surface area contributed by atoms with Crippen molar-refractivity contribution in [2.45, 2.75) is 38.2 Å². The number of aliphatic hydroxyl groups is 1. The molecule has 2 amide bonds. The molecule has 2 aromatic carbocycles. The molecule has 5 nitrogen and oxygen atoms in total. The van der Waals surface area contributed by atoms with Crippen LogP contribution in [0.25, 0.3) is 0 Å². The number of carbonyl (C=O) groups excluding carboxylic acids is 1. The zero-order valence-corrected chi connectivity index (χ0v) is 15.5. The first-order valence-electron chi connectivity index (χ1n) is 8.88. The van der Waals surface area contributed by atoms with Crippen LogP contribution in [0.3, 0.4) is 0 Å². The molecule has 1 unspecified atom stereocenters. The minimum atomic E-state index is -1.12. The Balaban J connectivity index is 1.61. The minimum absolute atomic E-state index is 0.0699. The topological polar surface area (TPSA) is 70.6 Å². The number of amides is 2. The average molecular weight is 354 g/mol. The van der Waals surface area contributed by atoms with Crippen molar-refractivity contribution < 1.29 is 14.6 Å². The first kappa shape index (κ1) is 18.3. The van der Waals surface area contributed by atoms with E-state index in [-0.39, 0.29) is 18.0 Å². The number of hydrogen-bond acceptors (Lipinski definition) is 3. The smallest absolute Gasteiger partial charge is 0.319 e. The second-order valence-corrected chi connectivity index (χ2v) is 7.76. The lowest BCUT2D eigenvalue weighted by Gasteiger charge is -2.34. The molecule has 0 aromatic heterocycles. The molecule has 1 atom stereocenters. The maximum atomic E-state index is 12.2. The molecular weight excluding hydrogens is 328 g/mol. The second-order valence-electron chi connectivity index (χ2n) is 7.76. The fourth-order valence-corrected chi connectivity index (χ4v) is 3.08. The van der Waals surface area contributed by atoms with Crippen LogP contribution in [0.1, 0.15) is 38.3 Å². The van der Waals surface area contributed by atoms with Gasteiger partial charge in [-0.1, -0.05) is 51.1 Å². The summed E-state index contributed by atoms with van der Waals surface area (Å²) in [5.74, 6) is 0.668. The molecule has 5 heteroatoms. The number of benzene rings is 2. The molecule has 3 N–H and O–H groups in total. The molecule has 0 aliphatic carbocycles. The highest BCUT2D eigenvalue weighted by atomic mass is 16.5. The maximum Gasteiger partial charge on any atom is 0.319 e. The van der Waals surface area contributed by atoms with Crippen LogP contribution in [0, 0.1) is 0 Å². The predicted octanol–water partition coefficient (Wildman–Crippen LogP) is 3.78. The van der Waals surface area contributed by atoms with Crippen molar-refractivity contribution in [3.63, 3.8) is 0 Å². The van der Waals surface area contributed by atoms with Gasteiger partial charge in [-0.25, -0.2) is 4.79 Å². The van der Waals surface area contributed by atoms with E-state index in [0.29, 0.717) is 24.3 Å². The minimum Gasteiger partial charge on any atom is -0.493 e. The van der Waals surface area contributed by atoms with Gasteiger partial charge in [-0.2, -0.15) is 0 Å². The lowest BCUT2D eigenvalue weighted by atomic mass is 9.87. The number of para-hydroxylation sites is 1. The number of nitrogens with one attached hydrogen (secondary N) is 2. The van der Waals surface area contributed by atoms with Gasteiger partial charge in [0.25, 0.3) is 0 Å². The van der Waals surface area contributed by atoms with Crippen molar-refractivity contribution in [3.05, 3.63) is 59.7 Å². The van der Waals surface area contributed by atoms with E-state index >= 15 is 0 Å². The number of carbonyl (C=O) groups is 1. The van der Waals surface area contributed by atoms with Crippen LogP contribution >= 0.6 is 0 Å². The van der Waals surface area contributed by atoms with Crippen molar-refractivity contribution in [1.82, 2.24) is 5.32 Å². The van der Waals surface area contributed by atoms with Crippen molar-refractivity contribution >= 4 is 11.7 Å². The van der Waals surface area contributed by atoms with E-state index in [0.717, 1.165) is 5.69 Å². The normalized spacial score (nSPS) is 19.2. The monoisotopic (exact) mass is 354 g/mol. The van der Waals surface area contributed by atoms with Crippen molar-refractivity contribution in [2.24, 2.45) is 0 Å². The standard InChI is InChI=1S/C21H26N2O3/c1-20(2,3)15-8-10-16(11-9-15)23-19(24)22-14-21(25)12-13-26-18-7-5-4-6-17(18)21/h4-11,25H,12-14H2,1-3H3,(H2,22,23,24). The van der Waals surface area contributed by atoms with Gasteiger partial charge in [0.15, 0.2) is 0 Å². The molecule has 26 heavy (non-hydrogen) atoms. The van der Waals surface area contributed by atoms with Crippen LogP contribution in [-0.4, -0.2) is 24.3 Å². The van der Waals surface area contributed by atoms with Crippen LogP contribution in [0.5, 0.6) is 5.75 Å². The van der Waals surface area contributed by atoms with Gasteiger partial charge < -0.3 is 20.5 Å². The Bertz CT molecular complexity index is 781. The van der Waals surface area contributed by atoms with Crippen LogP contribution in [0.4, 0.5) is 10.5 Å². The lowest BCUT2D eigenvalue weighted by Crippen LogP contribution is -2.45. The van der Waals surface area contributed by atoms with E-state index in [9.17, 15) is 9.90 Å². The highest BCUT2D eigenvalue weighted by Crippen LogP contribution is 2.36. The number of fused-ring (bicyclic) bond motifs is 1. The maximum absolute atomic E-state index is 12.2. The van der Waals surface area contributed by atoms with Crippen molar-refractivity contribution in [1.29, 1.82) is 0 Å². The molecule has 0 saturated heterocycles. The third kappa shape index (κ3) is 3.99. The number of urea groups is 1. The number of anilines is 1. The van der Waals surface area contributed by atoms with E-state index < -0.39 is 5.60 Å². The van der Waals surface area contributed by atoms with Crippen molar-refractivity contribution in [3.8, 4) is 5.75 Å². The Hall–Kier alpha value is -2.53. The lowest BCUT2D eigenvalue weighted by molar-refractivity contribution is 0.000398. The largest absolute Gasteiger partial charge is 0.493 e. The Morgan fingerprint density at radius 2 is 1.85 bits per heavy atom. The van der Waals surface area contributed by atoms with E-state index in [1.807, 2.05) is 48.5 Å². The van der Waals surface area contributed by atoms with Gasteiger partial charge in [-0.15, -0.1) is 0 Å². The van der Waals surface area contributed by atoms with E-state index in [1.165, 1.54) is 5.56 Å². The summed E-state index contributed by atoms with van der Waals surface area (Å²) in [6.07, 6.45) is 0.435. The summed E-state index contributed by atoms with van der Waals surface area (Å²) in [5.41, 5.74) is 1.58. The first-order valence-corrected chi connectivity index (χ1v) is 8.88. The van der Waals surface area contributed by atoms with Crippen LogP contribution in [0.2, 0.25) is 0 Å². The summed E-state index contributed by atoms with van der Waals surface area (Å²) in [6.45, 7) is 6.99. The van der Waals surface area contributed by atoms with E-state index in [2.05, 4.69) is 31.4 Å². The molecule has 1 heterocycles. The molecule has 0 spiro atoms. The van der Waals surface area contributed by atoms with Crippen molar-refractivity contribution in [2.75, 3.05) is 18.5 Å². The Labute approximate surface area is 154 Å². The molecule has 1 aliphatic heterocycles. The zero-order chi connectivity index (χ0) is 18.8. The summed E-state index contributed by atoms with van der Waals surface area (Å²) in [7, 11) is 0. The Kier molecular flexibility index (Phi) is 4.92. The number of ether oxygens (including phenoxy) is 1. The fourth-order valence-electron chi connectivity index (χ4n) is 3.08. The summed E-state index contributed by atoms with van der Waals surface area (Å²) in [4.78, 5) is 12.2. The number of hydrogen-bond donors (Lipinski definition) is 3. The third-order valence-corrected chi connectivity index (χ3v) is 4.71. The molecule has 138 valence electrons. The van der Waals surface area contributed by atoms with E-state index in [1.54, 1.807) is 0 Å². The molecule has 0 bridgehead atoms. The quantitative estimate of drug-likeness (QED) is 0.786. The zero-order valence-electron chi connectivity index (χ0n) is 15.5. The highest BCUT2D eigenvalue weighted by molar-refractivity contribution is 5.89. The summed E-state index contributed by atoms with van der Waals surface area (Å²) in [5, 5.41) is 16.5. The van der Waals surface area contributed by atoms with Gasteiger partial charge in [-0.3, -0.25) is 0 Å². The Morgan fingerprint density at radius 3 is 2.54 bits per heavy atom. The highest BCUT2D eigenvalue weighted by Gasteiger charge is 2.35. The fraction of sp³-hybridized carbons (Fsp3) is 0.381. The third-order valence-electron chi connectivity index (χ3n) is 4.71. The first-order chi connectivity index (χ1) is 12.3. The summed E-state index contributed by atoms with van der Waals surface area (Å²) in [6, 6.07) is 14.8. The van der Waals surface area contributed by atoms with Crippen LogP contribution in [0.15, 0.2) is 48.5 Å². The van der Waals surface area contributed by atoms with Gasteiger partial charge in [0, 0.05) is 17.7 Å². The summed E-state index contributed by atoms with van der Waals surface area (Å²) >= 11 is 0. The molecule has 0 radical (unpaired) electrons. The second kappa shape index (κ2) is 7.00. The molecule has 1 aliphatic rings. The molecule has 3 rings (SSSR count). The van der Waals surface area contributed by atoms with Crippen LogP contribution < -0.4 is 15.4 Å². The van der Waals surface area contributed by atoms with Gasteiger partial charge in [0.2, 0.25) is 0 Å².